The van der Waals surface area contributed by atoms with Crippen LogP contribution in [0.3, 0.4) is 0 Å². The van der Waals surface area contributed by atoms with Gasteiger partial charge in [-0.15, -0.1) is 0 Å². The lowest BCUT2D eigenvalue weighted by atomic mass is 9.92. The van der Waals surface area contributed by atoms with Gasteiger partial charge in [0.1, 0.15) is 5.60 Å². The van der Waals surface area contributed by atoms with Crippen molar-refractivity contribution in [1.82, 2.24) is 15.1 Å². The van der Waals surface area contributed by atoms with Crippen LogP contribution in [0, 0.1) is 5.92 Å². The van der Waals surface area contributed by atoms with Crippen LogP contribution in [0.1, 0.15) is 76.8 Å². The molecule has 2 saturated heterocycles. The van der Waals surface area contributed by atoms with Crippen molar-refractivity contribution in [2.75, 3.05) is 0 Å². The van der Waals surface area contributed by atoms with E-state index in [0.717, 1.165) is 36.8 Å². The number of hydrogen-bond donors (Lipinski definition) is 1. The molecule has 1 unspecified atom stereocenters. The van der Waals surface area contributed by atoms with E-state index < -0.39 is 11.7 Å². The van der Waals surface area contributed by atoms with E-state index in [1.807, 2.05) is 43.9 Å². The van der Waals surface area contributed by atoms with Gasteiger partial charge < -0.3 is 19.9 Å². The molecule has 0 aromatic heterocycles. The molecule has 4 aliphatic rings. The summed E-state index contributed by atoms with van der Waals surface area (Å²) in [6.07, 6.45) is 5.17. The van der Waals surface area contributed by atoms with Crippen molar-refractivity contribution in [3.8, 4) is 0 Å². The first kappa shape index (κ1) is 24.8. The van der Waals surface area contributed by atoms with Gasteiger partial charge in [-0.1, -0.05) is 24.3 Å². The van der Waals surface area contributed by atoms with Crippen LogP contribution in [-0.4, -0.2) is 63.3 Å². The van der Waals surface area contributed by atoms with Gasteiger partial charge in [-0.2, -0.15) is 0 Å². The lowest BCUT2D eigenvalue weighted by Crippen LogP contribution is -2.55. The third-order valence-corrected chi connectivity index (χ3v) is 7.90. The topological polar surface area (TPSA) is 96.0 Å². The largest absolute Gasteiger partial charge is 0.444 e. The lowest BCUT2D eigenvalue weighted by Gasteiger charge is -2.40. The molecule has 8 heteroatoms. The number of nitrogens with one attached hydrogen (secondary N) is 1. The number of benzene rings is 1. The first-order valence-electron chi connectivity index (χ1n) is 13.3. The van der Waals surface area contributed by atoms with Crippen LogP contribution >= 0.6 is 0 Å². The van der Waals surface area contributed by atoms with Crippen molar-refractivity contribution < 1.29 is 23.9 Å². The molecule has 3 heterocycles. The highest BCUT2D eigenvalue weighted by atomic mass is 16.6. The molecule has 36 heavy (non-hydrogen) atoms. The molecule has 2 bridgehead atoms. The summed E-state index contributed by atoms with van der Waals surface area (Å²) in [5.74, 6) is -0.702. The van der Waals surface area contributed by atoms with Gasteiger partial charge in [0.25, 0.3) is 5.91 Å². The first-order valence-corrected chi connectivity index (χ1v) is 13.3. The van der Waals surface area contributed by atoms with Gasteiger partial charge in [0.15, 0.2) is 0 Å². The molecular weight excluding hydrogens is 458 g/mol. The van der Waals surface area contributed by atoms with Crippen LogP contribution in [0.15, 0.2) is 24.3 Å². The normalized spacial score (nSPS) is 27.3. The Bertz CT molecular complexity index is 1050. The molecule has 1 saturated carbocycles. The molecule has 1 N–H and O–H groups in total. The minimum atomic E-state index is -0.619. The zero-order valence-electron chi connectivity index (χ0n) is 21.5. The standard InChI is InChI=1S/C28H37N3O5/c1-28(2,3)36-27(35)30-16-19-7-5-4-6-18(19)12-23(30)15-24(32)29-20-13-21-10-11-22(14-20)31(21)26(34)25(33)17-8-9-17/h4-7,17,20-23H,8-16H2,1-3H3,(H,29,32)/t20?,21-,22+,23-/m0/s1. The number of carbonyl (C=O) groups excluding carboxylic acids is 4. The van der Waals surface area contributed by atoms with Gasteiger partial charge in [-0.25, -0.2) is 4.79 Å². The maximum absolute atomic E-state index is 13.2. The second-order valence-corrected chi connectivity index (χ2v) is 11.9. The number of Topliss-reactive ketones (excluding diaryl/α,β-unsaturated/α-hetero) is 1. The molecule has 8 nitrogen and oxygen atoms in total. The van der Waals surface area contributed by atoms with Crippen molar-refractivity contribution in [2.24, 2.45) is 5.92 Å². The predicted molar refractivity (Wildman–Crippen MR) is 133 cm³/mol. The molecule has 3 aliphatic heterocycles. The number of ketones is 1. The summed E-state index contributed by atoms with van der Waals surface area (Å²) in [5.41, 5.74) is 1.61. The van der Waals surface area contributed by atoms with Crippen molar-refractivity contribution >= 4 is 23.7 Å². The van der Waals surface area contributed by atoms with Crippen LogP contribution in [0.5, 0.6) is 0 Å². The number of piperidine rings is 1. The molecular formula is C28H37N3O5. The Balaban J connectivity index is 1.22. The number of hydrogen-bond acceptors (Lipinski definition) is 5. The van der Waals surface area contributed by atoms with Crippen LogP contribution in [0.25, 0.3) is 0 Å². The third-order valence-electron chi connectivity index (χ3n) is 7.90. The molecule has 3 amide bonds. The maximum Gasteiger partial charge on any atom is 0.410 e. The Kier molecular flexibility index (Phi) is 6.55. The summed E-state index contributed by atoms with van der Waals surface area (Å²) in [6, 6.07) is 7.74. The summed E-state index contributed by atoms with van der Waals surface area (Å²) < 4.78 is 5.66. The van der Waals surface area contributed by atoms with Crippen molar-refractivity contribution in [1.29, 1.82) is 0 Å². The van der Waals surface area contributed by atoms with Crippen LogP contribution in [-0.2, 0) is 32.1 Å². The van der Waals surface area contributed by atoms with E-state index in [4.69, 9.17) is 4.74 Å². The Morgan fingerprint density at radius 2 is 1.61 bits per heavy atom. The number of ether oxygens (including phenoxy) is 1. The highest BCUT2D eigenvalue weighted by Gasteiger charge is 2.47. The van der Waals surface area contributed by atoms with E-state index in [1.165, 1.54) is 0 Å². The number of amides is 3. The monoisotopic (exact) mass is 495 g/mol. The zero-order valence-corrected chi connectivity index (χ0v) is 21.5. The number of carbonyl (C=O) groups is 4. The molecule has 3 fully saturated rings. The first-order chi connectivity index (χ1) is 17.1. The fraction of sp³-hybridized carbons (Fsp3) is 0.643. The number of fused-ring (bicyclic) bond motifs is 3. The predicted octanol–water partition coefficient (Wildman–Crippen LogP) is 3.36. The molecule has 0 spiro atoms. The average molecular weight is 496 g/mol. The molecule has 1 aromatic rings. The fourth-order valence-corrected chi connectivity index (χ4v) is 6.08. The molecule has 1 aromatic carbocycles. The summed E-state index contributed by atoms with van der Waals surface area (Å²) >= 11 is 0. The minimum Gasteiger partial charge on any atom is -0.444 e. The minimum absolute atomic E-state index is 0.0177. The molecule has 0 radical (unpaired) electrons. The van der Waals surface area contributed by atoms with Gasteiger partial charge in [0.05, 0.1) is 0 Å². The van der Waals surface area contributed by atoms with E-state index in [9.17, 15) is 19.2 Å². The van der Waals surface area contributed by atoms with E-state index >= 15 is 0 Å². The molecule has 194 valence electrons. The zero-order chi connectivity index (χ0) is 25.6. The fourth-order valence-electron chi connectivity index (χ4n) is 6.08. The van der Waals surface area contributed by atoms with Crippen molar-refractivity contribution in [3.05, 3.63) is 35.4 Å². The summed E-state index contributed by atoms with van der Waals surface area (Å²) in [4.78, 5) is 54.8. The van der Waals surface area contributed by atoms with Gasteiger partial charge in [0, 0.05) is 43.1 Å². The van der Waals surface area contributed by atoms with Gasteiger partial charge in [0.2, 0.25) is 11.7 Å². The Morgan fingerprint density at radius 1 is 0.972 bits per heavy atom. The Morgan fingerprint density at radius 3 is 2.22 bits per heavy atom. The second-order valence-electron chi connectivity index (χ2n) is 11.9. The molecule has 4 atom stereocenters. The number of nitrogens with zero attached hydrogens (tertiary/aromatic N) is 2. The smallest absolute Gasteiger partial charge is 0.410 e. The lowest BCUT2D eigenvalue weighted by molar-refractivity contribution is -0.148. The van der Waals surface area contributed by atoms with E-state index in [1.54, 1.807) is 4.90 Å². The third kappa shape index (κ3) is 5.27. The average Bonchev–Trinajstić information content (AvgIpc) is 3.61. The summed E-state index contributed by atoms with van der Waals surface area (Å²) in [5, 5.41) is 3.18. The Hall–Kier alpha value is -2.90. The van der Waals surface area contributed by atoms with Gasteiger partial charge >= 0.3 is 6.09 Å². The van der Waals surface area contributed by atoms with Crippen molar-refractivity contribution in [3.63, 3.8) is 0 Å². The highest BCUT2D eigenvalue weighted by Crippen LogP contribution is 2.38. The van der Waals surface area contributed by atoms with Crippen LogP contribution < -0.4 is 5.32 Å². The second kappa shape index (κ2) is 9.52. The highest BCUT2D eigenvalue weighted by molar-refractivity contribution is 6.37. The van der Waals surface area contributed by atoms with E-state index in [0.29, 0.717) is 25.8 Å². The summed E-state index contributed by atoms with van der Waals surface area (Å²) in [7, 11) is 0. The molecule has 1 aliphatic carbocycles. The van der Waals surface area contributed by atoms with Gasteiger partial charge in [-0.05, 0) is 76.8 Å². The van der Waals surface area contributed by atoms with E-state index in [2.05, 4.69) is 11.4 Å². The van der Waals surface area contributed by atoms with Crippen LogP contribution in [0.2, 0.25) is 0 Å². The SMILES string of the molecule is CC(C)(C)OC(=O)N1Cc2ccccc2C[C@H]1CC(=O)NC1C[C@H]2CC[C@@H](C1)N2C(=O)C(=O)C1CC1. The van der Waals surface area contributed by atoms with Crippen LogP contribution in [0.4, 0.5) is 4.79 Å². The van der Waals surface area contributed by atoms with E-state index in [-0.39, 0.29) is 54.1 Å². The maximum atomic E-state index is 13.2. The molecule has 5 rings (SSSR count). The summed E-state index contributed by atoms with van der Waals surface area (Å²) in [6.45, 7) is 5.94. The van der Waals surface area contributed by atoms with Crippen molar-refractivity contribution in [2.45, 2.75) is 108 Å². The van der Waals surface area contributed by atoms with Gasteiger partial charge in [-0.3, -0.25) is 14.4 Å². The quantitative estimate of drug-likeness (QED) is 0.632. The Labute approximate surface area is 212 Å². The number of rotatable bonds is 5.